The Kier molecular flexibility index (Phi) is 5.88. The zero-order valence-corrected chi connectivity index (χ0v) is 23.0. The highest BCUT2D eigenvalue weighted by atomic mass is 35.5. The van der Waals surface area contributed by atoms with Crippen molar-refractivity contribution in [2.24, 2.45) is 5.92 Å². The summed E-state index contributed by atoms with van der Waals surface area (Å²) in [6.45, 7) is 3.51. The Labute approximate surface area is 229 Å². The number of ether oxygens (including phenoxy) is 2. The number of thiazole rings is 1. The van der Waals surface area contributed by atoms with Crippen molar-refractivity contribution in [3.8, 4) is 17.0 Å². The van der Waals surface area contributed by atoms with Crippen molar-refractivity contribution in [3.63, 3.8) is 0 Å². The molecule has 3 unspecified atom stereocenters. The minimum atomic E-state index is 0.198. The van der Waals surface area contributed by atoms with Gasteiger partial charge in [-0.2, -0.15) is 0 Å². The van der Waals surface area contributed by atoms with Crippen LogP contribution >= 0.6 is 34.5 Å². The van der Waals surface area contributed by atoms with Gasteiger partial charge in [-0.05, 0) is 62.4 Å². The van der Waals surface area contributed by atoms with E-state index in [0.29, 0.717) is 40.2 Å². The molecule has 1 saturated heterocycles. The van der Waals surface area contributed by atoms with E-state index in [1.165, 1.54) is 10.3 Å². The third-order valence-electron chi connectivity index (χ3n) is 7.94. The van der Waals surface area contributed by atoms with Gasteiger partial charge < -0.3 is 18.9 Å². The summed E-state index contributed by atoms with van der Waals surface area (Å²) in [6.07, 6.45) is 4.55. The van der Waals surface area contributed by atoms with Gasteiger partial charge in [0.25, 0.3) is 0 Å². The number of aromatic nitrogens is 2. The molecule has 3 fully saturated rings. The van der Waals surface area contributed by atoms with Crippen LogP contribution in [0.15, 0.2) is 34.9 Å². The number of aryl methyl sites for hydroxylation is 1. The minimum absolute atomic E-state index is 0.198. The fourth-order valence-electron chi connectivity index (χ4n) is 5.98. The second-order valence-electron chi connectivity index (χ2n) is 10.4. The van der Waals surface area contributed by atoms with Crippen LogP contribution < -0.4 is 9.64 Å². The van der Waals surface area contributed by atoms with Gasteiger partial charge in [0.15, 0.2) is 5.13 Å². The Balaban J connectivity index is 1.09. The average molecular weight is 557 g/mol. The van der Waals surface area contributed by atoms with Gasteiger partial charge in [-0.3, -0.25) is 0 Å². The molecule has 0 N–H and O–H groups in total. The van der Waals surface area contributed by atoms with Gasteiger partial charge in [-0.15, -0.1) is 0 Å². The van der Waals surface area contributed by atoms with Crippen molar-refractivity contribution >= 4 is 49.9 Å². The summed E-state index contributed by atoms with van der Waals surface area (Å²) in [5, 5.41) is 6.63. The van der Waals surface area contributed by atoms with Gasteiger partial charge in [0.2, 0.25) is 0 Å². The zero-order valence-electron chi connectivity index (χ0n) is 20.7. The standard InChI is InChI=1S/C28H27Cl2N3O3S/c1-14-8-22(34-2)26-23(9-14)37-28(31-26)33-12-16-10-17(33)11-21(16)35-13-18-25(32-36-27(18)15-6-7-15)24-19(29)4-3-5-20(24)30/h3-5,8-9,15-17,21H,6-7,10-13H2,1-2H3. The fraction of sp³-hybridized carbons (Fsp3) is 0.429. The maximum Gasteiger partial charge on any atom is 0.186 e. The number of methoxy groups -OCH3 is 1. The van der Waals surface area contributed by atoms with E-state index in [0.717, 1.165) is 65.5 Å². The largest absolute Gasteiger partial charge is 0.494 e. The summed E-state index contributed by atoms with van der Waals surface area (Å²) in [6, 6.07) is 10.2. The number of benzene rings is 2. The zero-order chi connectivity index (χ0) is 25.3. The topological polar surface area (TPSA) is 60.6 Å². The summed E-state index contributed by atoms with van der Waals surface area (Å²) in [7, 11) is 1.71. The molecule has 192 valence electrons. The van der Waals surface area contributed by atoms with Crippen molar-refractivity contribution in [1.29, 1.82) is 0 Å². The first-order chi connectivity index (χ1) is 18.0. The third kappa shape index (κ3) is 4.11. The van der Waals surface area contributed by atoms with E-state index < -0.39 is 0 Å². The maximum absolute atomic E-state index is 6.59. The van der Waals surface area contributed by atoms with Gasteiger partial charge in [-0.25, -0.2) is 4.98 Å². The van der Waals surface area contributed by atoms with E-state index in [-0.39, 0.29) is 6.10 Å². The monoisotopic (exact) mass is 555 g/mol. The molecular formula is C28H27Cl2N3O3S. The molecule has 3 heterocycles. The van der Waals surface area contributed by atoms with Crippen LogP contribution in [-0.4, -0.2) is 35.9 Å². The summed E-state index contributed by atoms with van der Waals surface area (Å²) < 4.78 is 19.2. The van der Waals surface area contributed by atoms with Gasteiger partial charge >= 0.3 is 0 Å². The molecule has 0 amide bonds. The van der Waals surface area contributed by atoms with E-state index in [2.05, 4.69) is 29.1 Å². The molecule has 3 atom stereocenters. The number of hydrogen-bond acceptors (Lipinski definition) is 7. The van der Waals surface area contributed by atoms with E-state index in [9.17, 15) is 0 Å². The number of fused-ring (bicyclic) bond motifs is 3. The molecule has 37 heavy (non-hydrogen) atoms. The lowest BCUT2D eigenvalue weighted by Crippen LogP contribution is -2.38. The highest BCUT2D eigenvalue weighted by Crippen LogP contribution is 2.48. The van der Waals surface area contributed by atoms with Crippen molar-refractivity contribution in [2.45, 2.75) is 57.3 Å². The highest BCUT2D eigenvalue weighted by molar-refractivity contribution is 7.22. The molecule has 7 rings (SSSR count). The molecule has 2 aromatic heterocycles. The molecule has 1 aliphatic heterocycles. The minimum Gasteiger partial charge on any atom is -0.494 e. The lowest BCUT2D eigenvalue weighted by molar-refractivity contribution is 0.0122. The van der Waals surface area contributed by atoms with Crippen molar-refractivity contribution in [2.75, 3.05) is 18.6 Å². The molecule has 9 heteroatoms. The predicted molar refractivity (Wildman–Crippen MR) is 147 cm³/mol. The van der Waals surface area contributed by atoms with E-state index >= 15 is 0 Å². The van der Waals surface area contributed by atoms with E-state index in [1.54, 1.807) is 18.4 Å². The van der Waals surface area contributed by atoms with Crippen LogP contribution in [0.5, 0.6) is 5.75 Å². The molecule has 2 bridgehead atoms. The average Bonchev–Trinajstić information content (AvgIpc) is 3.21. The molecule has 2 aliphatic carbocycles. The Bertz CT molecular complexity index is 1480. The first-order valence-corrected chi connectivity index (χ1v) is 14.3. The second kappa shape index (κ2) is 9.16. The normalized spacial score (nSPS) is 22.9. The molecule has 6 nitrogen and oxygen atoms in total. The molecular weight excluding hydrogens is 529 g/mol. The van der Waals surface area contributed by atoms with Gasteiger partial charge in [0, 0.05) is 35.5 Å². The van der Waals surface area contributed by atoms with Crippen LogP contribution in [0.1, 0.15) is 48.5 Å². The predicted octanol–water partition coefficient (Wildman–Crippen LogP) is 7.64. The van der Waals surface area contributed by atoms with E-state index in [1.807, 2.05) is 18.2 Å². The van der Waals surface area contributed by atoms with E-state index in [4.69, 9.17) is 42.2 Å². The van der Waals surface area contributed by atoms with Gasteiger partial charge in [0.05, 0.1) is 34.6 Å². The number of hydrogen-bond donors (Lipinski definition) is 0. The summed E-state index contributed by atoms with van der Waals surface area (Å²) in [4.78, 5) is 7.44. The SMILES string of the molecule is COc1cc(C)cc2sc(N3CC4CC3CC4OCc3c(-c4c(Cl)cccc4Cl)noc3C3CC3)nc12. The second-order valence-corrected chi connectivity index (χ2v) is 12.3. The first-order valence-electron chi connectivity index (χ1n) is 12.8. The Morgan fingerprint density at radius 2 is 1.97 bits per heavy atom. The number of anilines is 1. The van der Waals surface area contributed by atoms with Crippen molar-refractivity contribution < 1.29 is 14.0 Å². The van der Waals surface area contributed by atoms with Crippen LogP contribution in [-0.2, 0) is 11.3 Å². The molecule has 4 aromatic rings. The Hall–Kier alpha value is -2.32. The third-order valence-corrected chi connectivity index (χ3v) is 9.61. The number of nitrogens with zero attached hydrogens (tertiary/aromatic N) is 3. The lowest BCUT2D eigenvalue weighted by Gasteiger charge is -2.31. The highest BCUT2D eigenvalue weighted by Gasteiger charge is 2.46. The molecule has 0 radical (unpaired) electrons. The number of halogens is 2. The van der Waals surface area contributed by atoms with Crippen LogP contribution in [0.3, 0.4) is 0 Å². The van der Waals surface area contributed by atoms with Gasteiger partial charge in [0.1, 0.15) is 22.7 Å². The summed E-state index contributed by atoms with van der Waals surface area (Å²) in [5.74, 6) is 2.65. The van der Waals surface area contributed by atoms with Crippen molar-refractivity contribution in [3.05, 3.63) is 57.3 Å². The Morgan fingerprint density at radius 3 is 2.68 bits per heavy atom. The quantitative estimate of drug-likeness (QED) is 0.233. The van der Waals surface area contributed by atoms with Crippen molar-refractivity contribution in [1.82, 2.24) is 10.1 Å². The lowest BCUT2D eigenvalue weighted by atomic mass is 10.0. The summed E-state index contributed by atoms with van der Waals surface area (Å²) in [5.41, 5.74) is 4.56. The Morgan fingerprint density at radius 1 is 1.16 bits per heavy atom. The number of piperidine rings is 1. The number of rotatable bonds is 7. The van der Waals surface area contributed by atoms with Crippen LogP contribution in [0.25, 0.3) is 21.5 Å². The maximum atomic E-state index is 6.59. The molecule has 2 aromatic carbocycles. The molecule has 3 aliphatic rings. The fourth-order valence-corrected chi connectivity index (χ4v) is 7.72. The molecule has 0 spiro atoms. The van der Waals surface area contributed by atoms with Crippen LogP contribution in [0.2, 0.25) is 10.0 Å². The summed E-state index contributed by atoms with van der Waals surface area (Å²) >= 11 is 14.8. The smallest absolute Gasteiger partial charge is 0.186 e. The molecule has 2 saturated carbocycles. The van der Waals surface area contributed by atoms with Gasteiger partial charge in [-0.1, -0.05) is 45.8 Å². The first kappa shape index (κ1) is 23.8. The van der Waals surface area contributed by atoms with Crippen LogP contribution in [0, 0.1) is 12.8 Å². The van der Waals surface area contributed by atoms with Crippen LogP contribution in [0.4, 0.5) is 5.13 Å².